The van der Waals surface area contributed by atoms with Gasteiger partial charge in [-0.15, -0.1) is 13.9 Å². The van der Waals surface area contributed by atoms with Gasteiger partial charge in [-0.05, 0) is 94.0 Å². The molecule has 404 valence electrons. The number of aliphatic hydroxyl groups excluding tert-OH is 2. The van der Waals surface area contributed by atoms with Crippen LogP contribution < -0.4 is 30.7 Å². The van der Waals surface area contributed by atoms with Gasteiger partial charge in [0.05, 0.1) is 42.5 Å². The van der Waals surface area contributed by atoms with Crippen LogP contribution in [0.4, 0.5) is 29.5 Å². The van der Waals surface area contributed by atoms with Crippen LogP contribution in [-0.4, -0.2) is 121 Å². The number of aromatic nitrogens is 6. The summed E-state index contributed by atoms with van der Waals surface area (Å²) in [5.74, 6) is 4.73. The minimum Gasteiger partial charge on any atom is -0.444 e. The molecule has 0 spiro atoms. The number of nitrogens with one attached hydrogen (secondary N) is 4. The van der Waals surface area contributed by atoms with Crippen LogP contribution in [0, 0.1) is 17.7 Å². The van der Waals surface area contributed by atoms with E-state index in [1.165, 1.54) is 42.1 Å². The Morgan fingerprint density at radius 3 is 2.43 bits per heavy atom. The van der Waals surface area contributed by atoms with Crippen molar-refractivity contribution in [3.05, 3.63) is 88.9 Å². The highest BCUT2D eigenvalue weighted by molar-refractivity contribution is 7.99. The Labute approximate surface area is 441 Å². The first-order valence-corrected chi connectivity index (χ1v) is 25.9. The van der Waals surface area contributed by atoms with Gasteiger partial charge in [-0.25, -0.2) is 23.8 Å². The highest BCUT2D eigenvalue weighted by Gasteiger charge is 2.53. The van der Waals surface area contributed by atoms with Crippen LogP contribution in [0.25, 0.3) is 22.1 Å². The monoisotopic (exact) mass is 1070 g/mol. The van der Waals surface area contributed by atoms with E-state index in [-0.39, 0.29) is 56.5 Å². The zero-order chi connectivity index (χ0) is 54.4. The molecule has 3 aromatic carbocycles. The summed E-state index contributed by atoms with van der Waals surface area (Å²) in [5.41, 5.74) is 1.50. The Balaban J connectivity index is 0.799. The summed E-state index contributed by atoms with van der Waals surface area (Å²) < 4.78 is 66.7. The number of amides is 3. The van der Waals surface area contributed by atoms with Crippen molar-refractivity contribution in [2.24, 2.45) is 0 Å². The van der Waals surface area contributed by atoms with Gasteiger partial charge >= 0.3 is 12.4 Å². The summed E-state index contributed by atoms with van der Waals surface area (Å²) in [6.07, 6.45) is -3.29. The van der Waals surface area contributed by atoms with Crippen LogP contribution in [0.15, 0.2) is 65.8 Å². The zero-order valence-corrected chi connectivity index (χ0v) is 43.8. The lowest BCUT2D eigenvalue weighted by atomic mass is 9.90. The fourth-order valence-corrected chi connectivity index (χ4v) is 9.06. The Kier molecular flexibility index (Phi) is 16.7. The number of benzene rings is 3. The van der Waals surface area contributed by atoms with Gasteiger partial charge in [0.2, 0.25) is 5.91 Å². The maximum absolute atomic E-state index is 15.9. The number of alkyl halides is 2. The second-order valence-corrected chi connectivity index (χ2v) is 21.2. The molecule has 4 heterocycles. The Morgan fingerprint density at radius 1 is 0.947 bits per heavy atom. The van der Waals surface area contributed by atoms with Gasteiger partial charge in [-0.1, -0.05) is 61.9 Å². The molecule has 8 rings (SSSR count). The fraction of sp³-hybridized carbons (Fsp3) is 0.453. The number of hydrogen-bond acceptors (Lipinski definition) is 15. The van der Waals surface area contributed by atoms with Gasteiger partial charge in [-0.2, -0.15) is 0 Å². The van der Waals surface area contributed by atoms with Gasteiger partial charge in [0.25, 0.3) is 5.91 Å². The summed E-state index contributed by atoms with van der Waals surface area (Å²) in [7, 11) is 0. The van der Waals surface area contributed by atoms with Gasteiger partial charge < -0.3 is 55.0 Å². The van der Waals surface area contributed by atoms with Crippen LogP contribution in [0.2, 0.25) is 0 Å². The van der Waals surface area contributed by atoms with Crippen molar-refractivity contribution in [3.8, 4) is 23.3 Å². The summed E-state index contributed by atoms with van der Waals surface area (Å²) in [6, 6.07) is 16.1. The number of carbonyl (C=O) groups is 3. The first-order chi connectivity index (χ1) is 36.2. The standard InChI is InChI=1S/C53H61F3N10O9S/c1-7-24-76-48-61-45(58-19-20-59-49(71)75-50(2,3)4)44-46(62-48)66(64-63-44)29-33-10-8-32(9-11-33)12-15-43(69)57-21-23-72-22-16-36(68)30-65-39-28-37(54)38(25-34(39)26-42(65)51(5,6)31-67)60-47(70)52(17-18-52)35-13-14-40-41(27-35)74-53(55,56)73-40/h8-11,13-14,25-28,36,67-68H,7,16-24,29-31H2,1-6H3,(H,57,69)(H,59,71)(H,60,70)(H,58,61,62)/t36-/m0/s1. The third kappa shape index (κ3) is 13.5. The van der Waals surface area contributed by atoms with E-state index in [0.29, 0.717) is 82.3 Å². The van der Waals surface area contributed by atoms with E-state index in [9.17, 15) is 33.4 Å². The number of carbonyl (C=O) groups excluding carboxylic acids is 3. The van der Waals surface area contributed by atoms with E-state index in [1.54, 1.807) is 48.2 Å². The lowest BCUT2D eigenvalue weighted by molar-refractivity contribution is -0.286. The summed E-state index contributed by atoms with van der Waals surface area (Å²) in [4.78, 5) is 47.7. The molecule has 19 nitrogen and oxygen atoms in total. The van der Waals surface area contributed by atoms with Crippen molar-refractivity contribution >= 4 is 63.2 Å². The van der Waals surface area contributed by atoms with Crippen molar-refractivity contribution in [3.63, 3.8) is 0 Å². The second-order valence-electron chi connectivity index (χ2n) is 20.2. The number of halogens is 3. The maximum Gasteiger partial charge on any atom is 0.586 e. The van der Waals surface area contributed by atoms with E-state index in [4.69, 9.17) is 14.5 Å². The molecule has 1 aliphatic carbocycles. The van der Waals surface area contributed by atoms with Crippen molar-refractivity contribution < 1.29 is 56.7 Å². The number of aliphatic hydroxyl groups is 2. The number of alkyl carbamates (subject to hydrolysis) is 1. The molecule has 0 radical (unpaired) electrons. The average molecular weight is 1070 g/mol. The highest BCUT2D eigenvalue weighted by atomic mass is 32.2. The minimum atomic E-state index is -3.81. The molecule has 1 fully saturated rings. The van der Waals surface area contributed by atoms with Crippen molar-refractivity contribution in [2.45, 2.75) is 114 Å². The lowest BCUT2D eigenvalue weighted by Gasteiger charge is -2.26. The topological polar surface area (TPSA) is 238 Å². The molecule has 3 aromatic heterocycles. The van der Waals surface area contributed by atoms with E-state index >= 15 is 4.39 Å². The van der Waals surface area contributed by atoms with Gasteiger partial charge in [-0.3, -0.25) is 9.59 Å². The molecule has 0 bridgehead atoms. The largest absolute Gasteiger partial charge is 0.586 e. The predicted octanol–water partition coefficient (Wildman–Crippen LogP) is 7.00. The quantitative estimate of drug-likeness (QED) is 0.0174. The van der Waals surface area contributed by atoms with Gasteiger partial charge in [0, 0.05) is 72.6 Å². The molecule has 23 heteroatoms. The van der Waals surface area contributed by atoms with Crippen molar-refractivity contribution in [1.82, 2.24) is 40.2 Å². The summed E-state index contributed by atoms with van der Waals surface area (Å²) >= 11 is 1.52. The number of rotatable bonds is 22. The highest BCUT2D eigenvalue weighted by Crippen LogP contribution is 2.52. The Morgan fingerprint density at radius 2 is 1.71 bits per heavy atom. The molecule has 6 N–H and O–H groups in total. The first-order valence-electron chi connectivity index (χ1n) is 24.9. The molecule has 1 aliphatic heterocycles. The number of thioether (sulfide) groups is 1. The number of ether oxygens (including phenoxy) is 4. The van der Waals surface area contributed by atoms with Crippen molar-refractivity contribution in [1.29, 1.82) is 0 Å². The van der Waals surface area contributed by atoms with Crippen LogP contribution in [0.5, 0.6) is 11.5 Å². The number of fused-ring (bicyclic) bond motifs is 3. The number of nitrogens with zero attached hydrogens (tertiary/aromatic N) is 6. The third-order valence-electron chi connectivity index (χ3n) is 12.5. The first kappa shape index (κ1) is 55.1. The predicted molar refractivity (Wildman–Crippen MR) is 278 cm³/mol. The fourth-order valence-electron chi connectivity index (χ4n) is 8.36. The molecule has 1 atom stereocenters. The molecule has 1 saturated carbocycles. The molecule has 0 unspecified atom stereocenters. The van der Waals surface area contributed by atoms with Crippen LogP contribution in [0.3, 0.4) is 0 Å². The van der Waals surface area contributed by atoms with Crippen molar-refractivity contribution in [2.75, 3.05) is 55.8 Å². The third-order valence-corrected chi connectivity index (χ3v) is 13.5. The summed E-state index contributed by atoms with van der Waals surface area (Å²) in [6.45, 7) is 12.4. The Bertz CT molecular complexity index is 3160. The second kappa shape index (κ2) is 23.0. The van der Waals surface area contributed by atoms with E-state index in [0.717, 1.165) is 17.7 Å². The Hall–Kier alpha value is -7.13. The van der Waals surface area contributed by atoms with Crippen LogP contribution >= 0.6 is 11.8 Å². The number of hydrogen-bond donors (Lipinski definition) is 6. The maximum atomic E-state index is 15.9. The number of anilines is 2. The lowest BCUT2D eigenvalue weighted by Crippen LogP contribution is -2.35. The molecule has 76 heavy (non-hydrogen) atoms. The molecule has 6 aromatic rings. The molecule has 2 aliphatic rings. The molecule has 0 saturated heterocycles. The van der Waals surface area contributed by atoms with E-state index in [2.05, 4.69) is 64.8 Å². The van der Waals surface area contributed by atoms with E-state index in [1.807, 2.05) is 26.0 Å². The van der Waals surface area contributed by atoms with Crippen LogP contribution in [0.1, 0.15) is 89.6 Å². The van der Waals surface area contributed by atoms with E-state index < -0.39 is 52.6 Å². The SMILES string of the molecule is CCCSc1nc(NCCNC(=O)OC(C)(C)C)c2nnn(Cc3ccc(C#CC(=O)NCCOCC[C@H](O)Cn4c(C(C)(C)CO)cc5cc(NC(=O)C6(c7ccc8c(c7)OC(F)(F)O8)CC6)c(F)cc54)cc3)c2n1. The molecule has 3 amide bonds. The van der Waals surface area contributed by atoms with Gasteiger partial charge in [0.1, 0.15) is 11.4 Å². The molecular weight excluding hydrogens is 1010 g/mol. The smallest absolute Gasteiger partial charge is 0.444 e. The molecular formula is C53H61F3N10O9S. The van der Waals surface area contributed by atoms with Crippen LogP contribution in [-0.2, 0) is 43.0 Å². The van der Waals surface area contributed by atoms with Gasteiger partial charge in [0.15, 0.2) is 33.6 Å². The summed E-state index contributed by atoms with van der Waals surface area (Å²) in [5, 5.41) is 42.7. The average Bonchev–Trinajstić information content (AvgIpc) is 3.86. The zero-order valence-electron chi connectivity index (χ0n) is 43.0. The minimum absolute atomic E-state index is 0.0413. The normalized spacial score (nSPS) is 14.7.